The fraction of sp³-hybridized carbons (Fsp3) is 0.556. The molecule has 16 heavy (non-hydrogen) atoms. The topological polar surface area (TPSA) is 105 Å². The van der Waals surface area contributed by atoms with Gasteiger partial charge < -0.3 is 10.2 Å². The molecule has 0 radical (unpaired) electrons. The first-order chi connectivity index (χ1) is 7.49. The van der Waals surface area contributed by atoms with Gasteiger partial charge in [-0.3, -0.25) is 0 Å². The zero-order valence-electron chi connectivity index (χ0n) is 9.04. The highest BCUT2D eigenvalue weighted by Crippen LogP contribution is 2.14. The smallest absolute Gasteiger partial charge is 0.358 e. The molecule has 88 valence electrons. The third kappa shape index (κ3) is 2.18. The summed E-state index contributed by atoms with van der Waals surface area (Å²) in [4.78, 5) is 21.6. The van der Waals surface area contributed by atoms with Gasteiger partial charge in [0.2, 0.25) is 0 Å². The Balaban J connectivity index is 3.19. The summed E-state index contributed by atoms with van der Waals surface area (Å²) in [7, 11) is 0. The van der Waals surface area contributed by atoms with Crippen LogP contribution in [0.2, 0.25) is 0 Å². The van der Waals surface area contributed by atoms with Gasteiger partial charge in [-0.05, 0) is 13.3 Å². The number of hydrogen-bond donors (Lipinski definition) is 2. The van der Waals surface area contributed by atoms with E-state index in [0.717, 1.165) is 4.68 Å². The molecule has 0 saturated heterocycles. The van der Waals surface area contributed by atoms with Crippen LogP contribution in [0.15, 0.2) is 0 Å². The van der Waals surface area contributed by atoms with Gasteiger partial charge in [0.1, 0.15) is 6.04 Å². The number of aromatic nitrogens is 3. The van der Waals surface area contributed by atoms with Crippen molar-refractivity contribution in [3.63, 3.8) is 0 Å². The first kappa shape index (κ1) is 12.2. The van der Waals surface area contributed by atoms with Gasteiger partial charge in [-0.1, -0.05) is 18.6 Å². The average Bonchev–Trinajstić information content (AvgIpc) is 2.61. The van der Waals surface area contributed by atoms with Crippen molar-refractivity contribution in [1.82, 2.24) is 15.0 Å². The van der Waals surface area contributed by atoms with Crippen LogP contribution in [0.4, 0.5) is 0 Å². The van der Waals surface area contributed by atoms with Gasteiger partial charge in [0, 0.05) is 0 Å². The lowest BCUT2D eigenvalue weighted by Crippen LogP contribution is -2.19. The lowest BCUT2D eigenvalue weighted by molar-refractivity contribution is -0.140. The molecule has 0 aromatic carbocycles. The Labute approximate surface area is 91.7 Å². The second-order valence-corrected chi connectivity index (χ2v) is 3.40. The summed E-state index contributed by atoms with van der Waals surface area (Å²) in [5, 5.41) is 24.8. The normalized spacial score (nSPS) is 12.4. The predicted octanol–water partition coefficient (Wildman–Crippen LogP) is 0.574. The first-order valence-electron chi connectivity index (χ1n) is 4.89. The van der Waals surface area contributed by atoms with Crippen molar-refractivity contribution >= 4 is 11.9 Å². The first-order valence-corrected chi connectivity index (χ1v) is 4.89. The molecule has 1 heterocycles. The third-order valence-electron chi connectivity index (χ3n) is 2.20. The van der Waals surface area contributed by atoms with Crippen LogP contribution in [-0.2, 0) is 11.2 Å². The average molecular weight is 227 g/mol. The highest BCUT2D eigenvalue weighted by molar-refractivity contribution is 5.86. The van der Waals surface area contributed by atoms with Crippen molar-refractivity contribution in [3.05, 3.63) is 11.4 Å². The third-order valence-corrected chi connectivity index (χ3v) is 2.20. The Kier molecular flexibility index (Phi) is 3.60. The summed E-state index contributed by atoms with van der Waals surface area (Å²) in [6.07, 6.45) is 1.13. The number of carbonyl (C=O) groups is 2. The largest absolute Gasteiger partial charge is 0.480 e. The quantitative estimate of drug-likeness (QED) is 0.761. The minimum absolute atomic E-state index is 0.171. The molecule has 1 aromatic heterocycles. The highest BCUT2D eigenvalue weighted by atomic mass is 16.4. The maximum atomic E-state index is 10.8. The number of carboxylic acid groups (broad SMARTS) is 2. The van der Waals surface area contributed by atoms with E-state index in [1.54, 1.807) is 0 Å². The van der Waals surface area contributed by atoms with Crippen molar-refractivity contribution in [2.45, 2.75) is 32.7 Å². The number of nitrogens with zero attached hydrogens (tertiary/aromatic N) is 3. The van der Waals surface area contributed by atoms with Crippen molar-refractivity contribution < 1.29 is 19.8 Å². The molecule has 2 N–H and O–H groups in total. The van der Waals surface area contributed by atoms with Crippen molar-refractivity contribution in [1.29, 1.82) is 0 Å². The number of aromatic carboxylic acids is 1. The second kappa shape index (κ2) is 4.73. The minimum Gasteiger partial charge on any atom is -0.480 e. The van der Waals surface area contributed by atoms with Crippen LogP contribution in [-0.4, -0.2) is 37.1 Å². The summed E-state index contributed by atoms with van der Waals surface area (Å²) in [5.74, 6) is -2.26. The monoisotopic (exact) mass is 227 g/mol. The molecule has 1 rings (SSSR count). The molecule has 1 aromatic rings. The van der Waals surface area contributed by atoms with E-state index in [-0.39, 0.29) is 5.69 Å². The molecule has 1 atom stereocenters. The summed E-state index contributed by atoms with van der Waals surface area (Å²) in [5.41, 5.74) is 0.180. The van der Waals surface area contributed by atoms with Crippen molar-refractivity contribution in [2.24, 2.45) is 0 Å². The van der Waals surface area contributed by atoms with Gasteiger partial charge >= 0.3 is 11.9 Å². The van der Waals surface area contributed by atoms with Gasteiger partial charge in [0.05, 0.1) is 5.69 Å². The van der Waals surface area contributed by atoms with Gasteiger partial charge in [-0.2, -0.15) is 0 Å². The van der Waals surface area contributed by atoms with E-state index in [9.17, 15) is 9.59 Å². The maximum Gasteiger partial charge on any atom is 0.358 e. The van der Waals surface area contributed by atoms with Gasteiger partial charge in [-0.25, -0.2) is 14.3 Å². The fourth-order valence-corrected chi connectivity index (χ4v) is 1.36. The van der Waals surface area contributed by atoms with Crippen LogP contribution in [0.3, 0.4) is 0 Å². The Bertz CT molecular complexity index is 413. The molecule has 0 amide bonds. The lowest BCUT2D eigenvalue weighted by atomic mass is 10.2. The van der Waals surface area contributed by atoms with E-state index < -0.39 is 18.0 Å². The Morgan fingerprint density at radius 2 is 2.06 bits per heavy atom. The summed E-state index contributed by atoms with van der Waals surface area (Å²) in [6, 6.07) is -0.915. The van der Waals surface area contributed by atoms with E-state index in [1.165, 1.54) is 6.92 Å². The van der Waals surface area contributed by atoms with Crippen LogP contribution >= 0.6 is 0 Å². The van der Waals surface area contributed by atoms with Crippen molar-refractivity contribution in [3.8, 4) is 0 Å². The van der Waals surface area contributed by atoms with Crippen LogP contribution in [0, 0.1) is 0 Å². The van der Waals surface area contributed by atoms with Crippen LogP contribution in [0.5, 0.6) is 0 Å². The molecule has 7 heteroatoms. The van der Waals surface area contributed by atoms with Crippen LogP contribution < -0.4 is 0 Å². The molecule has 0 aliphatic carbocycles. The predicted molar refractivity (Wildman–Crippen MR) is 53.3 cm³/mol. The van der Waals surface area contributed by atoms with E-state index in [4.69, 9.17) is 10.2 Å². The summed E-state index contributed by atoms with van der Waals surface area (Å²) in [6.45, 7) is 3.30. The molecule has 0 fully saturated rings. The number of rotatable bonds is 5. The lowest BCUT2D eigenvalue weighted by Gasteiger charge is -2.09. The Hall–Kier alpha value is -1.92. The Morgan fingerprint density at radius 3 is 2.50 bits per heavy atom. The van der Waals surface area contributed by atoms with Gasteiger partial charge in [-0.15, -0.1) is 5.10 Å². The number of carboxylic acids is 2. The zero-order valence-corrected chi connectivity index (χ0v) is 9.04. The fourth-order valence-electron chi connectivity index (χ4n) is 1.36. The molecule has 1 unspecified atom stereocenters. The van der Waals surface area contributed by atoms with Crippen LogP contribution in [0.1, 0.15) is 42.5 Å². The zero-order chi connectivity index (χ0) is 12.3. The minimum atomic E-state index is -1.19. The molecular formula is C9H13N3O4. The highest BCUT2D eigenvalue weighted by Gasteiger charge is 2.24. The maximum absolute atomic E-state index is 10.8. The SMILES string of the molecule is CCCc1c(C(=O)O)nnn1C(C)C(=O)O. The summed E-state index contributed by atoms with van der Waals surface area (Å²) >= 11 is 0. The molecule has 0 spiro atoms. The number of aliphatic carboxylic acids is 1. The van der Waals surface area contributed by atoms with Gasteiger partial charge in [0.25, 0.3) is 0 Å². The molecule has 7 nitrogen and oxygen atoms in total. The van der Waals surface area contributed by atoms with Gasteiger partial charge in [0.15, 0.2) is 5.69 Å². The molecule has 0 aliphatic rings. The summed E-state index contributed by atoms with van der Waals surface area (Å²) < 4.78 is 1.15. The standard InChI is InChI=1S/C9H13N3O4/c1-3-4-6-7(9(15)16)10-11-12(6)5(2)8(13)14/h5H,3-4H2,1-2H3,(H,13,14)(H,15,16). The Morgan fingerprint density at radius 1 is 1.44 bits per heavy atom. The van der Waals surface area contributed by atoms with Crippen molar-refractivity contribution in [2.75, 3.05) is 0 Å². The molecule has 0 bridgehead atoms. The number of hydrogen-bond acceptors (Lipinski definition) is 4. The van der Waals surface area contributed by atoms with E-state index in [0.29, 0.717) is 18.5 Å². The van der Waals surface area contributed by atoms with E-state index >= 15 is 0 Å². The second-order valence-electron chi connectivity index (χ2n) is 3.40. The van der Waals surface area contributed by atoms with Crippen LogP contribution in [0.25, 0.3) is 0 Å². The van der Waals surface area contributed by atoms with E-state index in [1.807, 2.05) is 6.92 Å². The van der Waals surface area contributed by atoms with E-state index in [2.05, 4.69) is 10.3 Å². The molecule has 0 aliphatic heterocycles. The molecular weight excluding hydrogens is 214 g/mol. The molecule has 0 saturated carbocycles.